The Morgan fingerprint density at radius 2 is 2.27 bits per heavy atom. The van der Waals surface area contributed by atoms with Crippen molar-refractivity contribution < 1.29 is 9.52 Å². The highest BCUT2D eigenvalue weighted by Crippen LogP contribution is 2.16. The molecule has 2 aromatic heterocycles. The van der Waals surface area contributed by atoms with Crippen LogP contribution in [0.5, 0.6) is 0 Å². The van der Waals surface area contributed by atoms with Crippen LogP contribution in [0.1, 0.15) is 25.8 Å². The van der Waals surface area contributed by atoms with Gasteiger partial charge < -0.3 is 15.3 Å². The number of oxazole rings is 1. The second-order valence-electron chi connectivity index (χ2n) is 2.63. The highest BCUT2D eigenvalue weighted by molar-refractivity contribution is 5.66. The Bertz CT molecular complexity index is 381. The highest BCUT2D eigenvalue weighted by Gasteiger charge is 2.13. The molecule has 5 heteroatoms. The van der Waals surface area contributed by atoms with Gasteiger partial charge in [-0.05, 0) is 12.1 Å². The van der Waals surface area contributed by atoms with Crippen molar-refractivity contribution in [2.45, 2.75) is 20.0 Å². The molecule has 82 valence electrons. The van der Waals surface area contributed by atoms with Gasteiger partial charge in [0, 0.05) is 12.7 Å². The molecule has 0 aliphatic rings. The number of aliphatic hydroxyl groups is 1. The van der Waals surface area contributed by atoms with Crippen LogP contribution >= 0.6 is 0 Å². The predicted molar refractivity (Wildman–Crippen MR) is 57.2 cm³/mol. The molecule has 15 heavy (non-hydrogen) atoms. The number of aliphatic hydroxyl groups excluding tert-OH is 1. The van der Waals surface area contributed by atoms with Gasteiger partial charge in [0.05, 0.1) is 0 Å². The smallest absolute Gasteiger partial charge is 0.227 e. The molecule has 5 nitrogen and oxygen atoms in total. The molecule has 1 atom stereocenters. The quantitative estimate of drug-likeness (QED) is 0.777. The fourth-order valence-corrected chi connectivity index (χ4v) is 1.03. The first-order valence-electron chi connectivity index (χ1n) is 4.91. The topological polar surface area (TPSA) is 85.2 Å². The summed E-state index contributed by atoms with van der Waals surface area (Å²) in [5.41, 5.74) is 6.31. The third-order valence-corrected chi connectivity index (χ3v) is 1.69. The maximum absolute atomic E-state index is 9.32. The zero-order valence-corrected chi connectivity index (χ0v) is 8.84. The van der Waals surface area contributed by atoms with Crippen LogP contribution < -0.4 is 5.73 Å². The van der Waals surface area contributed by atoms with Gasteiger partial charge in [0.1, 0.15) is 6.10 Å². The minimum Gasteiger partial charge on any atom is -0.436 e. The summed E-state index contributed by atoms with van der Waals surface area (Å²) in [6.07, 6.45) is 0.762. The standard InChI is InChI=1S/C8H9N3O2.C2H6/c9-4-5(12)8-11-7-6(13-8)2-1-3-10-7;1-2/h1-3,5,12H,4,9H2;1-2H3. The number of pyridine rings is 1. The third-order valence-electron chi connectivity index (χ3n) is 1.69. The Morgan fingerprint density at radius 3 is 2.87 bits per heavy atom. The number of nitrogens with zero attached hydrogens (tertiary/aromatic N) is 2. The van der Waals surface area contributed by atoms with Crippen LogP contribution in [0, 0.1) is 0 Å². The molecule has 2 rings (SSSR count). The summed E-state index contributed by atoms with van der Waals surface area (Å²) in [6.45, 7) is 4.09. The molecular formula is C10H15N3O2. The van der Waals surface area contributed by atoms with Crippen molar-refractivity contribution in [3.63, 3.8) is 0 Å². The summed E-state index contributed by atoms with van der Waals surface area (Å²) in [7, 11) is 0. The molecule has 0 radical (unpaired) electrons. The number of hydrogen-bond donors (Lipinski definition) is 2. The van der Waals surface area contributed by atoms with Crippen molar-refractivity contribution in [2.24, 2.45) is 5.73 Å². The van der Waals surface area contributed by atoms with Crippen LogP contribution in [-0.4, -0.2) is 21.6 Å². The largest absolute Gasteiger partial charge is 0.436 e. The normalized spacial score (nSPS) is 12.0. The molecule has 0 aliphatic carbocycles. The van der Waals surface area contributed by atoms with Crippen LogP contribution in [-0.2, 0) is 0 Å². The summed E-state index contributed by atoms with van der Waals surface area (Å²) >= 11 is 0. The monoisotopic (exact) mass is 209 g/mol. The number of aromatic nitrogens is 2. The maximum atomic E-state index is 9.32. The second kappa shape index (κ2) is 5.43. The minimum atomic E-state index is -0.853. The number of nitrogens with two attached hydrogens (primary N) is 1. The minimum absolute atomic E-state index is 0.0901. The van der Waals surface area contributed by atoms with Crippen molar-refractivity contribution in [3.05, 3.63) is 24.2 Å². The van der Waals surface area contributed by atoms with E-state index in [1.807, 2.05) is 13.8 Å². The Morgan fingerprint density at radius 1 is 1.53 bits per heavy atom. The molecule has 1 unspecified atom stereocenters. The number of rotatable bonds is 2. The zero-order chi connectivity index (χ0) is 11.3. The highest BCUT2D eigenvalue weighted by atomic mass is 16.4. The molecule has 0 spiro atoms. The molecule has 2 heterocycles. The van der Waals surface area contributed by atoms with E-state index in [1.165, 1.54) is 0 Å². The van der Waals surface area contributed by atoms with Gasteiger partial charge in [-0.2, -0.15) is 4.98 Å². The van der Waals surface area contributed by atoms with E-state index in [0.717, 1.165) is 0 Å². The van der Waals surface area contributed by atoms with Crippen molar-refractivity contribution in [1.82, 2.24) is 9.97 Å². The van der Waals surface area contributed by atoms with Crippen molar-refractivity contribution in [3.8, 4) is 0 Å². The van der Waals surface area contributed by atoms with Gasteiger partial charge in [0.15, 0.2) is 11.2 Å². The summed E-state index contributed by atoms with van der Waals surface area (Å²) in [4.78, 5) is 7.94. The fourth-order valence-electron chi connectivity index (χ4n) is 1.03. The van der Waals surface area contributed by atoms with Gasteiger partial charge in [-0.1, -0.05) is 13.8 Å². The Kier molecular flexibility index (Phi) is 4.20. The van der Waals surface area contributed by atoms with Crippen LogP contribution in [0.15, 0.2) is 22.7 Å². The van der Waals surface area contributed by atoms with Gasteiger partial charge in [0.25, 0.3) is 0 Å². The van der Waals surface area contributed by atoms with Gasteiger partial charge in [-0.15, -0.1) is 0 Å². The fraction of sp³-hybridized carbons (Fsp3) is 0.400. The average Bonchev–Trinajstić information content (AvgIpc) is 2.74. The molecule has 0 aliphatic heterocycles. The Balaban J connectivity index is 0.000000531. The predicted octanol–water partition coefficient (Wildman–Crippen LogP) is 1.24. The molecule has 2 aromatic rings. The van der Waals surface area contributed by atoms with E-state index < -0.39 is 6.10 Å². The van der Waals surface area contributed by atoms with Crippen LogP contribution in [0.25, 0.3) is 11.2 Å². The molecular weight excluding hydrogens is 194 g/mol. The maximum Gasteiger partial charge on any atom is 0.227 e. The zero-order valence-electron chi connectivity index (χ0n) is 8.84. The first-order valence-corrected chi connectivity index (χ1v) is 4.91. The Labute approximate surface area is 87.9 Å². The van der Waals surface area contributed by atoms with Gasteiger partial charge in [-0.25, -0.2) is 4.98 Å². The van der Waals surface area contributed by atoms with Crippen molar-refractivity contribution >= 4 is 11.2 Å². The van der Waals surface area contributed by atoms with Crippen molar-refractivity contribution in [1.29, 1.82) is 0 Å². The summed E-state index contributed by atoms with van der Waals surface area (Å²) in [5.74, 6) is 0.219. The molecule has 3 N–H and O–H groups in total. The van der Waals surface area contributed by atoms with Gasteiger partial charge in [0.2, 0.25) is 5.89 Å². The van der Waals surface area contributed by atoms with Crippen LogP contribution in [0.2, 0.25) is 0 Å². The van der Waals surface area contributed by atoms with Crippen molar-refractivity contribution in [2.75, 3.05) is 6.54 Å². The molecule has 0 fully saturated rings. The van der Waals surface area contributed by atoms with E-state index >= 15 is 0 Å². The van der Waals surface area contributed by atoms with Crippen LogP contribution in [0.4, 0.5) is 0 Å². The van der Waals surface area contributed by atoms with E-state index in [4.69, 9.17) is 10.2 Å². The van der Waals surface area contributed by atoms with E-state index in [1.54, 1.807) is 18.3 Å². The number of hydrogen-bond acceptors (Lipinski definition) is 5. The lowest BCUT2D eigenvalue weighted by Gasteiger charge is -1.98. The first kappa shape index (κ1) is 11.6. The van der Waals surface area contributed by atoms with Crippen LogP contribution in [0.3, 0.4) is 0 Å². The molecule has 0 saturated carbocycles. The molecule has 0 aromatic carbocycles. The van der Waals surface area contributed by atoms with Gasteiger partial charge >= 0.3 is 0 Å². The molecule has 0 saturated heterocycles. The lowest BCUT2D eigenvalue weighted by Crippen LogP contribution is -2.11. The number of fused-ring (bicyclic) bond motifs is 1. The lowest BCUT2D eigenvalue weighted by atomic mass is 10.4. The van der Waals surface area contributed by atoms with E-state index in [9.17, 15) is 5.11 Å². The summed E-state index contributed by atoms with van der Waals surface area (Å²) in [6, 6.07) is 3.48. The second-order valence-corrected chi connectivity index (χ2v) is 2.63. The lowest BCUT2D eigenvalue weighted by molar-refractivity contribution is 0.154. The first-order chi connectivity index (χ1) is 7.31. The SMILES string of the molecule is CC.NCC(O)c1nc2ncccc2o1. The van der Waals surface area contributed by atoms with E-state index in [0.29, 0.717) is 11.2 Å². The van der Waals surface area contributed by atoms with E-state index in [-0.39, 0.29) is 12.4 Å². The Hall–Kier alpha value is -1.46. The van der Waals surface area contributed by atoms with E-state index in [2.05, 4.69) is 9.97 Å². The average molecular weight is 209 g/mol. The molecule has 0 amide bonds. The summed E-state index contributed by atoms with van der Waals surface area (Å²) < 4.78 is 5.22. The summed E-state index contributed by atoms with van der Waals surface area (Å²) in [5, 5.41) is 9.32. The third kappa shape index (κ3) is 2.51. The van der Waals surface area contributed by atoms with Gasteiger partial charge in [-0.3, -0.25) is 0 Å². The molecule has 0 bridgehead atoms.